The lowest BCUT2D eigenvalue weighted by Gasteiger charge is -2.29. The summed E-state index contributed by atoms with van der Waals surface area (Å²) < 4.78 is 5.74. The molecular formula is C25H34N2O3. The zero-order valence-electron chi connectivity index (χ0n) is 18.6. The van der Waals surface area contributed by atoms with E-state index in [2.05, 4.69) is 5.32 Å². The van der Waals surface area contributed by atoms with Crippen LogP contribution in [0.1, 0.15) is 49.8 Å². The third kappa shape index (κ3) is 7.21. The summed E-state index contributed by atoms with van der Waals surface area (Å²) in [6.07, 6.45) is 1.80. The maximum atomic E-state index is 13.0. The molecule has 0 saturated heterocycles. The zero-order valence-corrected chi connectivity index (χ0v) is 18.6. The van der Waals surface area contributed by atoms with Crippen LogP contribution >= 0.6 is 0 Å². The van der Waals surface area contributed by atoms with E-state index in [1.807, 2.05) is 69.3 Å². The fourth-order valence-electron chi connectivity index (χ4n) is 3.14. The largest absolute Gasteiger partial charge is 0.494 e. The second-order valence-electron chi connectivity index (χ2n) is 7.68. The van der Waals surface area contributed by atoms with Gasteiger partial charge in [-0.2, -0.15) is 0 Å². The number of hydrogen-bond acceptors (Lipinski definition) is 3. The number of ether oxygens (including phenoxy) is 1. The lowest BCUT2D eigenvalue weighted by molar-refractivity contribution is -0.140. The van der Waals surface area contributed by atoms with Crippen molar-refractivity contribution in [1.82, 2.24) is 10.2 Å². The van der Waals surface area contributed by atoms with Crippen molar-refractivity contribution in [2.24, 2.45) is 0 Å². The van der Waals surface area contributed by atoms with Gasteiger partial charge < -0.3 is 15.0 Å². The molecule has 0 aromatic heterocycles. The van der Waals surface area contributed by atoms with E-state index in [9.17, 15) is 9.59 Å². The second kappa shape index (κ2) is 12.0. The van der Waals surface area contributed by atoms with Gasteiger partial charge in [-0.3, -0.25) is 9.59 Å². The van der Waals surface area contributed by atoms with Crippen LogP contribution in [-0.4, -0.2) is 35.9 Å². The molecule has 0 fully saturated rings. The lowest BCUT2D eigenvalue weighted by atomic mass is 10.1. The van der Waals surface area contributed by atoms with Crippen molar-refractivity contribution < 1.29 is 14.3 Å². The number of nitrogens with zero attached hydrogens (tertiary/aromatic N) is 1. The second-order valence-corrected chi connectivity index (χ2v) is 7.68. The highest BCUT2D eigenvalue weighted by Crippen LogP contribution is 2.16. The predicted octanol–water partition coefficient (Wildman–Crippen LogP) is 4.41. The average molecular weight is 411 g/mol. The summed E-state index contributed by atoms with van der Waals surface area (Å²) in [4.78, 5) is 27.2. The molecule has 2 aromatic carbocycles. The Kier molecular flexibility index (Phi) is 9.39. The van der Waals surface area contributed by atoms with Crippen molar-refractivity contribution in [3.05, 3.63) is 65.2 Å². The van der Waals surface area contributed by atoms with Gasteiger partial charge in [0, 0.05) is 19.5 Å². The van der Waals surface area contributed by atoms with Gasteiger partial charge in [-0.05, 0) is 56.9 Å². The number of carbonyl (C=O) groups is 2. The molecule has 0 saturated carbocycles. The average Bonchev–Trinajstić information content (AvgIpc) is 2.75. The number of nitrogens with one attached hydrogen (secondary N) is 1. The van der Waals surface area contributed by atoms with E-state index < -0.39 is 6.04 Å². The molecule has 0 aliphatic carbocycles. The van der Waals surface area contributed by atoms with E-state index in [1.165, 1.54) is 5.56 Å². The minimum absolute atomic E-state index is 0.0371. The smallest absolute Gasteiger partial charge is 0.242 e. The van der Waals surface area contributed by atoms with Crippen LogP contribution in [0.25, 0.3) is 0 Å². The summed E-state index contributed by atoms with van der Waals surface area (Å²) in [6.45, 7) is 9.35. The summed E-state index contributed by atoms with van der Waals surface area (Å²) in [7, 11) is 0. The fraction of sp³-hybridized carbons (Fsp3) is 0.440. The molecule has 0 bridgehead atoms. The Morgan fingerprint density at radius 3 is 2.43 bits per heavy atom. The maximum absolute atomic E-state index is 13.0. The van der Waals surface area contributed by atoms with Crippen LogP contribution in [0.2, 0.25) is 0 Å². The van der Waals surface area contributed by atoms with E-state index in [0.29, 0.717) is 32.5 Å². The molecule has 0 heterocycles. The van der Waals surface area contributed by atoms with Crippen LogP contribution in [0.15, 0.2) is 48.5 Å². The van der Waals surface area contributed by atoms with Crippen molar-refractivity contribution >= 4 is 11.8 Å². The Balaban J connectivity index is 1.98. The number of carbonyl (C=O) groups excluding carboxylic acids is 2. The van der Waals surface area contributed by atoms with Crippen molar-refractivity contribution in [3.8, 4) is 5.75 Å². The van der Waals surface area contributed by atoms with Crippen molar-refractivity contribution in [2.45, 2.75) is 59.5 Å². The molecule has 0 aliphatic rings. The number of aryl methyl sites for hydroxylation is 2. The van der Waals surface area contributed by atoms with Gasteiger partial charge in [0.25, 0.3) is 0 Å². The molecule has 2 rings (SSSR count). The maximum Gasteiger partial charge on any atom is 0.242 e. The first-order valence-electron chi connectivity index (χ1n) is 10.7. The summed E-state index contributed by atoms with van der Waals surface area (Å²) in [5.41, 5.74) is 3.34. The molecule has 1 N–H and O–H groups in total. The molecule has 1 atom stereocenters. The van der Waals surface area contributed by atoms with Gasteiger partial charge in [0.05, 0.1) is 6.61 Å². The minimum Gasteiger partial charge on any atom is -0.494 e. The summed E-state index contributed by atoms with van der Waals surface area (Å²) >= 11 is 0. The molecular weight excluding hydrogens is 376 g/mol. The molecule has 0 radical (unpaired) electrons. The highest BCUT2D eigenvalue weighted by molar-refractivity contribution is 5.87. The molecule has 2 aromatic rings. The van der Waals surface area contributed by atoms with Crippen molar-refractivity contribution in [2.75, 3.05) is 13.2 Å². The van der Waals surface area contributed by atoms with Crippen molar-refractivity contribution in [3.63, 3.8) is 0 Å². The molecule has 0 spiro atoms. The first-order valence-corrected chi connectivity index (χ1v) is 10.7. The van der Waals surface area contributed by atoms with Crippen LogP contribution in [-0.2, 0) is 16.1 Å². The third-order valence-electron chi connectivity index (χ3n) is 5.14. The number of rotatable bonds is 11. The van der Waals surface area contributed by atoms with E-state index >= 15 is 0 Å². The molecule has 1 unspecified atom stereocenters. The third-order valence-corrected chi connectivity index (χ3v) is 5.14. The van der Waals surface area contributed by atoms with E-state index in [-0.39, 0.29) is 11.8 Å². The highest BCUT2D eigenvalue weighted by Gasteiger charge is 2.25. The van der Waals surface area contributed by atoms with Gasteiger partial charge in [-0.15, -0.1) is 0 Å². The van der Waals surface area contributed by atoms with Gasteiger partial charge >= 0.3 is 0 Å². The van der Waals surface area contributed by atoms with Gasteiger partial charge in [-0.25, -0.2) is 0 Å². The standard InChI is InChI=1S/C25H34N2O3/c1-5-16-26-25(29)21(4)27(18-22-10-7-6-9-20(22)3)24(28)11-8-17-30-23-14-12-19(2)13-15-23/h6-7,9-10,12-15,21H,5,8,11,16-18H2,1-4H3,(H,26,29). The van der Waals surface area contributed by atoms with Gasteiger partial charge in [0.15, 0.2) is 0 Å². The summed E-state index contributed by atoms with van der Waals surface area (Å²) in [5, 5.41) is 2.90. The Morgan fingerprint density at radius 2 is 1.77 bits per heavy atom. The van der Waals surface area contributed by atoms with Gasteiger partial charge in [-0.1, -0.05) is 48.9 Å². The summed E-state index contributed by atoms with van der Waals surface area (Å²) in [5.74, 6) is 0.650. The van der Waals surface area contributed by atoms with Crippen LogP contribution in [0.4, 0.5) is 0 Å². The Hall–Kier alpha value is -2.82. The molecule has 5 nitrogen and oxygen atoms in total. The van der Waals surface area contributed by atoms with Gasteiger partial charge in [0.2, 0.25) is 11.8 Å². The quantitative estimate of drug-likeness (QED) is 0.559. The first kappa shape index (κ1) is 23.5. The molecule has 5 heteroatoms. The minimum atomic E-state index is -0.526. The van der Waals surface area contributed by atoms with Crippen LogP contribution in [0, 0.1) is 13.8 Å². The molecule has 162 valence electrons. The SMILES string of the molecule is CCCNC(=O)C(C)N(Cc1ccccc1C)C(=O)CCCOc1ccc(C)cc1. The first-order chi connectivity index (χ1) is 14.4. The van der Waals surface area contributed by atoms with E-state index in [1.54, 1.807) is 11.8 Å². The Labute approximate surface area is 180 Å². The van der Waals surface area contributed by atoms with Crippen LogP contribution in [0.3, 0.4) is 0 Å². The monoisotopic (exact) mass is 410 g/mol. The normalized spacial score (nSPS) is 11.6. The lowest BCUT2D eigenvalue weighted by Crippen LogP contribution is -2.47. The van der Waals surface area contributed by atoms with Crippen molar-refractivity contribution in [1.29, 1.82) is 0 Å². The topological polar surface area (TPSA) is 58.6 Å². The summed E-state index contributed by atoms with van der Waals surface area (Å²) in [6, 6.07) is 15.3. The fourth-order valence-corrected chi connectivity index (χ4v) is 3.14. The molecule has 30 heavy (non-hydrogen) atoms. The predicted molar refractivity (Wildman–Crippen MR) is 120 cm³/mol. The number of benzene rings is 2. The Morgan fingerprint density at radius 1 is 1.07 bits per heavy atom. The van der Waals surface area contributed by atoms with Crippen LogP contribution < -0.4 is 10.1 Å². The van der Waals surface area contributed by atoms with E-state index in [0.717, 1.165) is 23.3 Å². The zero-order chi connectivity index (χ0) is 21.9. The van der Waals surface area contributed by atoms with Crippen LogP contribution in [0.5, 0.6) is 5.75 Å². The Bertz CT molecular complexity index is 817. The highest BCUT2D eigenvalue weighted by atomic mass is 16.5. The molecule has 2 amide bonds. The van der Waals surface area contributed by atoms with E-state index in [4.69, 9.17) is 4.74 Å². The molecule has 0 aliphatic heterocycles. The number of hydrogen-bond donors (Lipinski definition) is 1. The number of amides is 2. The van der Waals surface area contributed by atoms with Gasteiger partial charge in [0.1, 0.15) is 11.8 Å².